The number of sulfone groups is 1. The summed E-state index contributed by atoms with van der Waals surface area (Å²) in [7, 11) is -4.12. The van der Waals surface area contributed by atoms with Gasteiger partial charge < -0.3 is 5.32 Å². The van der Waals surface area contributed by atoms with Gasteiger partial charge in [0.05, 0.1) is 5.69 Å². The van der Waals surface area contributed by atoms with Gasteiger partial charge in [0.25, 0.3) is 5.91 Å². The van der Waals surface area contributed by atoms with Crippen LogP contribution in [0.15, 0.2) is 82.9 Å². The van der Waals surface area contributed by atoms with Crippen LogP contribution < -0.4 is 10.3 Å². The van der Waals surface area contributed by atoms with Crippen molar-refractivity contribution in [3.8, 4) is 0 Å². The molecule has 0 saturated carbocycles. The van der Waals surface area contributed by atoms with Crippen LogP contribution in [0.4, 0.5) is 11.5 Å². The Morgan fingerprint density at radius 2 is 1.73 bits per heavy atom. The molecule has 0 spiro atoms. The van der Waals surface area contributed by atoms with E-state index in [1.165, 1.54) is 23.3 Å². The van der Waals surface area contributed by atoms with Crippen LogP contribution in [0.25, 0.3) is 0 Å². The lowest BCUT2D eigenvalue weighted by Gasteiger charge is -2.26. The molecule has 2 aromatic carbocycles. The topological polar surface area (TPSA) is 91.7 Å². The molecule has 1 N–H and O–H groups in total. The molecule has 1 aromatic heterocycles. The minimum atomic E-state index is -4.12. The van der Waals surface area contributed by atoms with Crippen molar-refractivity contribution in [2.75, 3.05) is 11.6 Å². The molecule has 7 nitrogen and oxygen atoms in total. The number of amides is 1. The van der Waals surface area contributed by atoms with Crippen molar-refractivity contribution >= 4 is 43.9 Å². The Hall–Kier alpha value is -3.23. The quantitative estimate of drug-likeness (QED) is 0.657. The number of aromatic nitrogens is 1. The highest BCUT2D eigenvalue weighted by Gasteiger charge is 2.38. The lowest BCUT2D eigenvalue weighted by Crippen LogP contribution is -2.41. The van der Waals surface area contributed by atoms with Crippen molar-refractivity contribution in [3.05, 3.63) is 83.5 Å². The molecular formula is C21H17ClN4O3S. The van der Waals surface area contributed by atoms with Crippen LogP contribution in [0, 0.1) is 0 Å². The molecule has 0 saturated heterocycles. The number of pyridine rings is 1. The summed E-state index contributed by atoms with van der Waals surface area (Å²) in [6.45, 7) is 0.276. The van der Waals surface area contributed by atoms with E-state index in [9.17, 15) is 13.2 Å². The van der Waals surface area contributed by atoms with E-state index < -0.39 is 20.8 Å². The van der Waals surface area contributed by atoms with Gasteiger partial charge in [0, 0.05) is 17.8 Å². The highest BCUT2D eigenvalue weighted by molar-refractivity contribution is 8.08. The maximum absolute atomic E-state index is 13.0. The standard InChI is InChI=1S/C21H17ClN4O3S/c22-16-8-10-17(11-9-16)26-19-18(7-4-13-23-19)30(28,29)21(25-26)20(27)24-14-12-15-5-2-1-3-6-15/h1-11,13H,12,14H2,(H,24,27). The first-order chi connectivity index (χ1) is 14.5. The van der Waals surface area contributed by atoms with E-state index in [2.05, 4.69) is 15.4 Å². The van der Waals surface area contributed by atoms with Crippen LogP contribution in [0.5, 0.6) is 0 Å². The minimum absolute atomic E-state index is 0.0804. The fourth-order valence-corrected chi connectivity index (χ4v) is 4.49. The van der Waals surface area contributed by atoms with Gasteiger partial charge in [0.2, 0.25) is 14.9 Å². The Kier molecular flexibility index (Phi) is 5.52. The Balaban J connectivity index is 1.65. The van der Waals surface area contributed by atoms with Crippen molar-refractivity contribution < 1.29 is 13.2 Å². The third kappa shape index (κ3) is 3.92. The Morgan fingerprint density at radius 1 is 1.00 bits per heavy atom. The van der Waals surface area contributed by atoms with Gasteiger partial charge in [-0.15, -0.1) is 5.10 Å². The fraction of sp³-hybridized carbons (Fsp3) is 0.0952. The smallest absolute Gasteiger partial charge is 0.284 e. The second-order valence-electron chi connectivity index (χ2n) is 6.51. The zero-order valence-corrected chi connectivity index (χ0v) is 17.3. The highest BCUT2D eigenvalue weighted by Crippen LogP contribution is 2.35. The summed E-state index contributed by atoms with van der Waals surface area (Å²) in [6.07, 6.45) is 2.04. The van der Waals surface area contributed by atoms with Crippen molar-refractivity contribution in [2.45, 2.75) is 11.3 Å². The predicted octanol–water partition coefficient (Wildman–Crippen LogP) is 3.33. The average molecular weight is 441 g/mol. The molecule has 0 fully saturated rings. The van der Waals surface area contributed by atoms with Crippen LogP contribution in [-0.2, 0) is 21.1 Å². The Bertz CT molecular complexity index is 1210. The van der Waals surface area contributed by atoms with Crippen LogP contribution in [-0.4, -0.2) is 30.9 Å². The first-order valence-corrected chi connectivity index (χ1v) is 11.0. The van der Waals surface area contributed by atoms with Crippen LogP contribution in [0.2, 0.25) is 5.02 Å². The van der Waals surface area contributed by atoms with Crippen molar-refractivity contribution in [1.29, 1.82) is 0 Å². The van der Waals surface area contributed by atoms with Gasteiger partial charge in [0.15, 0.2) is 5.82 Å². The fourth-order valence-electron chi connectivity index (χ4n) is 3.02. The molecular weight excluding hydrogens is 424 g/mol. The summed E-state index contributed by atoms with van der Waals surface area (Å²) >= 11 is 5.95. The number of carbonyl (C=O) groups excluding carboxylic acids is 1. The number of rotatable bonds is 5. The number of anilines is 2. The van der Waals surface area contributed by atoms with Crippen molar-refractivity contribution in [1.82, 2.24) is 10.3 Å². The van der Waals surface area contributed by atoms with Crippen molar-refractivity contribution in [2.24, 2.45) is 5.10 Å². The molecule has 0 radical (unpaired) electrons. The van der Waals surface area contributed by atoms with Gasteiger partial charge >= 0.3 is 0 Å². The summed E-state index contributed by atoms with van der Waals surface area (Å²) in [5.74, 6) is -0.639. The normalized spacial score (nSPS) is 14.6. The maximum Gasteiger partial charge on any atom is 0.284 e. The number of hydrogen-bond donors (Lipinski definition) is 1. The highest BCUT2D eigenvalue weighted by atomic mass is 35.5. The molecule has 3 aromatic rings. The summed E-state index contributed by atoms with van der Waals surface area (Å²) < 4.78 is 26.1. The number of hydrazone groups is 1. The molecule has 9 heteroatoms. The molecule has 2 heterocycles. The van der Waals surface area contributed by atoms with Gasteiger partial charge in [-0.25, -0.2) is 18.4 Å². The SMILES string of the molecule is O=C(NCCc1ccccc1)C1=NN(c2ccc(Cl)cc2)c2ncccc2S1(=O)=O. The lowest BCUT2D eigenvalue weighted by atomic mass is 10.1. The molecule has 4 rings (SSSR count). The first kappa shape index (κ1) is 20.1. The Labute approximate surface area is 178 Å². The summed E-state index contributed by atoms with van der Waals surface area (Å²) in [5.41, 5.74) is 1.56. The third-order valence-corrected chi connectivity index (χ3v) is 6.42. The third-order valence-electron chi connectivity index (χ3n) is 4.49. The molecule has 0 atom stereocenters. The monoisotopic (exact) mass is 440 g/mol. The van der Waals surface area contributed by atoms with Crippen molar-refractivity contribution in [3.63, 3.8) is 0 Å². The van der Waals surface area contributed by atoms with Crippen LogP contribution in [0.1, 0.15) is 5.56 Å². The number of nitrogens with zero attached hydrogens (tertiary/aromatic N) is 3. The molecule has 0 unspecified atom stereocenters. The van der Waals surface area contributed by atoms with Crippen LogP contribution in [0.3, 0.4) is 0 Å². The zero-order chi connectivity index (χ0) is 21.1. The molecule has 1 aliphatic heterocycles. The number of carbonyl (C=O) groups is 1. The van der Waals surface area contributed by atoms with E-state index in [1.807, 2.05) is 30.3 Å². The second-order valence-corrected chi connectivity index (χ2v) is 8.78. The number of hydrogen-bond acceptors (Lipinski definition) is 6. The molecule has 152 valence electrons. The lowest BCUT2D eigenvalue weighted by molar-refractivity contribution is -0.114. The molecule has 0 bridgehead atoms. The molecule has 1 amide bonds. The van der Waals surface area contributed by atoms with Gasteiger partial charge in [0.1, 0.15) is 4.90 Å². The number of benzene rings is 2. The molecule has 1 aliphatic rings. The summed E-state index contributed by atoms with van der Waals surface area (Å²) in [6, 6.07) is 19.1. The van der Waals surface area contributed by atoms with Gasteiger partial charge in [-0.1, -0.05) is 41.9 Å². The zero-order valence-electron chi connectivity index (χ0n) is 15.7. The van der Waals surface area contributed by atoms with E-state index in [0.29, 0.717) is 17.1 Å². The summed E-state index contributed by atoms with van der Waals surface area (Å²) in [4.78, 5) is 16.8. The molecule has 0 aliphatic carbocycles. The van der Waals surface area contributed by atoms with E-state index in [1.54, 1.807) is 24.3 Å². The van der Waals surface area contributed by atoms with E-state index in [0.717, 1.165) is 5.56 Å². The Morgan fingerprint density at radius 3 is 2.47 bits per heavy atom. The largest absolute Gasteiger partial charge is 0.350 e. The van der Waals surface area contributed by atoms with Gasteiger partial charge in [-0.2, -0.15) is 0 Å². The minimum Gasteiger partial charge on any atom is -0.350 e. The van der Waals surface area contributed by atoms with Crippen LogP contribution >= 0.6 is 11.6 Å². The average Bonchev–Trinajstić information content (AvgIpc) is 2.75. The predicted molar refractivity (Wildman–Crippen MR) is 116 cm³/mol. The maximum atomic E-state index is 13.0. The van der Waals surface area contributed by atoms with Gasteiger partial charge in [-0.3, -0.25) is 4.79 Å². The number of halogens is 1. The second kappa shape index (κ2) is 8.25. The van der Waals surface area contributed by atoms with E-state index >= 15 is 0 Å². The first-order valence-electron chi connectivity index (χ1n) is 9.13. The van der Waals surface area contributed by atoms with Gasteiger partial charge in [-0.05, 0) is 48.4 Å². The number of fused-ring (bicyclic) bond motifs is 1. The van der Waals surface area contributed by atoms with E-state index in [-0.39, 0.29) is 17.3 Å². The van der Waals surface area contributed by atoms with E-state index in [4.69, 9.17) is 11.6 Å². The molecule has 30 heavy (non-hydrogen) atoms. The number of nitrogens with one attached hydrogen (secondary N) is 1. The summed E-state index contributed by atoms with van der Waals surface area (Å²) in [5, 5.41) is 8.07.